The van der Waals surface area contributed by atoms with Crippen molar-refractivity contribution >= 4 is 40.3 Å². The van der Waals surface area contributed by atoms with Gasteiger partial charge in [-0.15, -0.1) is 10.2 Å². The van der Waals surface area contributed by atoms with Crippen LogP contribution in [0.3, 0.4) is 0 Å². The fourth-order valence-electron chi connectivity index (χ4n) is 2.61. The maximum absolute atomic E-state index is 13.0. The predicted molar refractivity (Wildman–Crippen MR) is 98.0 cm³/mol. The predicted octanol–water partition coefficient (Wildman–Crippen LogP) is 4.70. The molecule has 0 aliphatic carbocycles. The van der Waals surface area contributed by atoms with E-state index in [4.69, 9.17) is 27.6 Å². The molecule has 150 valence electrons. The van der Waals surface area contributed by atoms with Gasteiger partial charge in [0, 0.05) is 0 Å². The Balaban J connectivity index is 1.63. The zero-order valence-corrected chi connectivity index (χ0v) is 16.0. The van der Waals surface area contributed by atoms with Gasteiger partial charge in [0.2, 0.25) is 0 Å². The van der Waals surface area contributed by atoms with Gasteiger partial charge in [0.15, 0.2) is 22.4 Å². The van der Waals surface area contributed by atoms with Crippen LogP contribution in [0.15, 0.2) is 35.0 Å². The number of nitrogens with one attached hydrogen (secondary N) is 1. The Hall–Kier alpha value is -2.92. The van der Waals surface area contributed by atoms with Crippen LogP contribution in [0.5, 0.6) is 0 Å². The van der Waals surface area contributed by atoms with Gasteiger partial charge in [-0.25, -0.2) is 4.98 Å². The molecule has 1 atom stereocenters. The van der Waals surface area contributed by atoms with Gasteiger partial charge in [-0.2, -0.15) is 27.9 Å². The monoisotopic (exact) mass is 443 g/mol. The Morgan fingerprint density at radius 1 is 1.17 bits per heavy atom. The fourth-order valence-corrected chi connectivity index (χ4v) is 2.96. The highest BCUT2D eigenvalue weighted by molar-refractivity contribution is 6.34. The van der Waals surface area contributed by atoms with E-state index in [1.165, 1.54) is 11.0 Å². The van der Waals surface area contributed by atoms with Crippen LogP contribution in [0.2, 0.25) is 10.2 Å². The molecule has 1 aromatic carbocycles. The van der Waals surface area contributed by atoms with Gasteiger partial charge < -0.3 is 9.73 Å². The molecule has 3 heterocycles. The summed E-state index contributed by atoms with van der Waals surface area (Å²) in [6.07, 6.45) is -3.23. The van der Waals surface area contributed by atoms with Crippen LogP contribution in [-0.2, 0) is 6.18 Å². The molecular formula is C16H10Cl2F3N7O. The number of nitrogens with zero attached hydrogens (tertiary/aromatic N) is 6. The molecule has 4 rings (SSSR count). The van der Waals surface area contributed by atoms with Crippen LogP contribution >= 0.6 is 23.2 Å². The number of hydrogen-bond donors (Lipinski definition) is 1. The summed E-state index contributed by atoms with van der Waals surface area (Å²) in [5.41, 5.74) is -0.895. The average Bonchev–Trinajstić information content (AvgIpc) is 3.28. The van der Waals surface area contributed by atoms with Gasteiger partial charge in [-0.1, -0.05) is 23.2 Å². The maximum atomic E-state index is 13.0. The lowest BCUT2D eigenvalue weighted by Gasteiger charge is -2.12. The molecule has 0 aliphatic heterocycles. The highest BCUT2D eigenvalue weighted by atomic mass is 35.5. The van der Waals surface area contributed by atoms with E-state index < -0.39 is 17.8 Å². The first kappa shape index (κ1) is 19.4. The molecule has 8 nitrogen and oxygen atoms in total. The lowest BCUT2D eigenvalue weighted by Crippen LogP contribution is -2.15. The zero-order chi connectivity index (χ0) is 20.8. The number of benzene rings is 1. The molecule has 0 saturated carbocycles. The van der Waals surface area contributed by atoms with E-state index >= 15 is 0 Å². The van der Waals surface area contributed by atoms with Crippen molar-refractivity contribution in [1.82, 2.24) is 29.9 Å². The van der Waals surface area contributed by atoms with E-state index in [0.29, 0.717) is 11.6 Å². The molecule has 29 heavy (non-hydrogen) atoms. The van der Waals surface area contributed by atoms with E-state index in [2.05, 4.69) is 30.6 Å². The number of hydrogen-bond acceptors (Lipinski definition) is 7. The molecule has 0 saturated heterocycles. The second kappa shape index (κ2) is 7.16. The summed E-state index contributed by atoms with van der Waals surface area (Å²) in [4.78, 5) is 8.22. The molecule has 0 amide bonds. The van der Waals surface area contributed by atoms with Crippen molar-refractivity contribution in [2.45, 2.75) is 19.1 Å². The fraction of sp³-hybridized carbons (Fsp3) is 0.188. The van der Waals surface area contributed by atoms with Gasteiger partial charge in [-0.3, -0.25) is 0 Å². The second-order valence-corrected chi connectivity index (χ2v) is 6.73. The standard InChI is InChI=1S/C16H10Cl2F3N7O/c1-7(14-22-6-23-28(14)12-3-2-11(18)26-27-12)24-15-25-10-5-8(16(19,20)21)4-9(17)13(10)29-15/h2-7H,1H3,(H,24,25)/t7-/m0/s1. The molecule has 0 radical (unpaired) electrons. The number of alkyl halides is 3. The van der Waals surface area contributed by atoms with Crippen molar-refractivity contribution in [1.29, 1.82) is 0 Å². The second-order valence-electron chi connectivity index (χ2n) is 5.93. The molecule has 0 spiro atoms. The zero-order valence-electron chi connectivity index (χ0n) is 14.4. The van der Waals surface area contributed by atoms with Crippen molar-refractivity contribution in [3.63, 3.8) is 0 Å². The first-order valence-corrected chi connectivity index (χ1v) is 8.81. The molecule has 13 heteroatoms. The summed E-state index contributed by atoms with van der Waals surface area (Å²) in [6.45, 7) is 1.74. The van der Waals surface area contributed by atoms with Gasteiger partial charge in [0.1, 0.15) is 11.8 Å². The van der Waals surface area contributed by atoms with Crippen LogP contribution in [-0.4, -0.2) is 29.9 Å². The third kappa shape index (κ3) is 3.83. The minimum Gasteiger partial charge on any atom is -0.422 e. The van der Waals surface area contributed by atoms with Crippen molar-refractivity contribution in [2.75, 3.05) is 5.32 Å². The van der Waals surface area contributed by atoms with Gasteiger partial charge >= 0.3 is 6.18 Å². The number of anilines is 1. The first-order chi connectivity index (χ1) is 13.7. The van der Waals surface area contributed by atoms with Crippen LogP contribution in [0.25, 0.3) is 16.9 Å². The van der Waals surface area contributed by atoms with E-state index in [1.54, 1.807) is 19.1 Å². The van der Waals surface area contributed by atoms with E-state index in [9.17, 15) is 13.2 Å². The SMILES string of the molecule is C[C@H](Nc1nc2cc(C(F)(F)F)cc(Cl)c2o1)c1ncnn1-c1ccc(Cl)nn1. The van der Waals surface area contributed by atoms with Gasteiger partial charge in [0.25, 0.3) is 6.01 Å². The molecule has 0 aliphatic rings. The lowest BCUT2D eigenvalue weighted by atomic mass is 10.2. The number of oxazole rings is 1. The summed E-state index contributed by atoms with van der Waals surface area (Å²) < 4.78 is 45.8. The first-order valence-electron chi connectivity index (χ1n) is 8.05. The highest BCUT2D eigenvalue weighted by Crippen LogP contribution is 2.36. The summed E-state index contributed by atoms with van der Waals surface area (Å²) in [5.74, 6) is 0.817. The smallest absolute Gasteiger partial charge is 0.416 e. The van der Waals surface area contributed by atoms with Crippen LogP contribution in [0.4, 0.5) is 19.2 Å². The van der Waals surface area contributed by atoms with Crippen LogP contribution < -0.4 is 5.32 Å². The third-order valence-electron chi connectivity index (χ3n) is 3.91. The summed E-state index contributed by atoms with van der Waals surface area (Å²) >= 11 is 11.7. The van der Waals surface area contributed by atoms with Crippen molar-refractivity contribution in [3.8, 4) is 5.82 Å². The number of fused-ring (bicyclic) bond motifs is 1. The van der Waals surface area contributed by atoms with E-state index in [0.717, 1.165) is 12.1 Å². The number of aromatic nitrogens is 6. The van der Waals surface area contributed by atoms with Gasteiger partial charge in [0.05, 0.1) is 16.6 Å². The molecule has 0 bridgehead atoms. The highest BCUT2D eigenvalue weighted by Gasteiger charge is 2.32. The topological polar surface area (TPSA) is 94.6 Å². The quantitative estimate of drug-likeness (QED) is 0.488. The minimum atomic E-state index is -4.55. The summed E-state index contributed by atoms with van der Waals surface area (Å²) in [7, 11) is 0. The lowest BCUT2D eigenvalue weighted by molar-refractivity contribution is -0.137. The third-order valence-corrected chi connectivity index (χ3v) is 4.39. The Morgan fingerprint density at radius 2 is 1.97 bits per heavy atom. The average molecular weight is 444 g/mol. The minimum absolute atomic E-state index is 0.0227. The Bertz CT molecular complexity index is 1170. The number of halogens is 5. The van der Waals surface area contributed by atoms with E-state index in [-0.39, 0.29) is 27.3 Å². The van der Waals surface area contributed by atoms with E-state index in [1.807, 2.05) is 0 Å². The molecule has 3 aromatic heterocycles. The molecule has 4 aromatic rings. The van der Waals surface area contributed by atoms with Gasteiger partial charge in [-0.05, 0) is 31.2 Å². The Labute approximate surface area is 170 Å². The normalized spacial score (nSPS) is 13.0. The Kier molecular flexibility index (Phi) is 4.79. The molecule has 1 N–H and O–H groups in total. The molecule has 0 fully saturated rings. The van der Waals surface area contributed by atoms with Crippen molar-refractivity contribution in [3.05, 3.63) is 52.2 Å². The van der Waals surface area contributed by atoms with Crippen LogP contribution in [0.1, 0.15) is 24.4 Å². The summed E-state index contributed by atoms with van der Waals surface area (Å²) in [6, 6.07) is 4.30. The molecule has 0 unspecified atom stereocenters. The number of rotatable bonds is 4. The summed E-state index contributed by atoms with van der Waals surface area (Å²) in [5, 5.41) is 14.7. The maximum Gasteiger partial charge on any atom is 0.416 e. The largest absolute Gasteiger partial charge is 0.422 e. The van der Waals surface area contributed by atoms with Crippen molar-refractivity contribution in [2.24, 2.45) is 0 Å². The molecular weight excluding hydrogens is 434 g/mol. The Morgan fingerprint density at radius 3 is 2.66 bits per heavy atom. The van der Waals surface area contributed by atoms with Crippen molar-refractivity contribution < 1.29 is 17.6 Å². The van der Waals surface area contributed by atoms with Crippen LogP contribution in [0, 0.1) is 0 Å².